The van der Waals surface area contributed by atoms with Crippen molar-refractivity contribution in [2.45, 2.75) is 39.3 Å². The van der Waals surface area contributed by atoms with Gasteiger partial charge in [0.05, 0.1) is 16.9 Å². The second-order valence-corrected chi connectivity index (χ2v) is 5.54. The number of rotatable bonds is 5. The lowest BCUT2D eigenvalue weighted by atomic mass is 10.1. The summed E-state index contributed by atoms with van der Waals surface area (Å²) >= 11 is 5.83. The number of hydrogen-bond acceptors (Lipinski definition) is 4. The second-order valence-electron chi connectivity index (χ2n) is 5.10. The lowest BCUT2D eigenvalue weighted by Gasteiger charge is -2.14. The maximum atomic E-state index is 11.7. The van der Waals surface area contributed by atoms with Crippen molar-refractivity contribution in [2.75, 3.05) is 5.32 Å². The standard InChI is InChI=1S/C13H18ClN5O/c1-8(2)16-13-17-11(4-12(20)18-13)9(3)6-19-7-10(14)5-15-19/h4-5,7-9H,6H2,1-3H3,(H2,16,17,18,20). The first-order valence-electron chi connectivity index (χ1n) is 6.50. The van der Waals surface area contributed by atoms with E-state index in [9.17, 15) is 4.79 Å². The van der Waals surface area contributed by atoms with Crippen LogP contribution in [0.1, 0.15) is 32.4 Å². The molecule has 2 heterocycles. The first-order chi connectivity index (χ1) is 9.44. The van der Waals surface area contributed by atoms with Gasteiger partial charge in [0.25, 0.3) is 5.56 Å². The minimum absolute atomic E-state index is 0.0565. The van der Waals surface area contributed by atoms with Gasteiger partial charge >= 0.3 is 0 Å². The maximum Gasteiger partial charge on any atom is 0.252 e. The highest BCUT2D eigenvalue weighted by Gasteiger charge is 2.11. The Morgan fingerprint density at radius 1 is 1.45 bits per heavy atom. The van der Waals surface area contributed by atoms with Gasteiger partial charge in [-0.15, -0.1) is 0 Å². The molecule has 1 unspecified atom stereocenters. The molecule has 2 rings (SSSR count). The molecule has 0 aliphatic heterocycles. The molecular formula is C13H18ClN5O. The SMILES string of the molecule is CC(C)Nc1nc(C(C)Cn2cc(Cl)cn2)cc(=O)[nH]1. The third kappa shape index (κ3) is 3.84. The molecule has 20 heavy (non-hydrogen) atoms. The molecule has 0 spiro atoms. The second kappa shape index (κ2) is 6.09. The van der Waals surface area contributed by atoms with E-state index in [1.54, 1.807) is 17.1 Å². The van der Waals surface area contributed by atoms with Gasteiger partial charge in [0.2, 0.25) is 5.95 Å². The largest absolute Gasteiger partial charge is 0.354 e. The molecule has 1 atom stereocenters. The van der Waals surface area contributed by atoms with E-state index in [4.69, 9.17) is 11.6 Å². The summed E-state index contributed by atoms with van der Waals surface area (Å²) in [5, 5.41) is 7.82. The van der Waals surface area contributed by atoms with Crippen LogP contribution in [0.3, 0.4) is 0 Å². The third-order valence-electron chi connectivity index (χ3n) is 2.75. The molecule has 7 heteroatoms. The highest BCUT2D eigenvalue weighted by Crippen LogP contribution is 2.16. The van der Waals surface area contributed by atoms with E-state index in [0.717, 1.165) is 5.69 Å². The lowest BCUT2D eigenvalue weighted by Crippen LogP contribution is -2.20. The van der Waals surface area contributed by atoms with Gasteiger partial charge in [-0.25, -0.2) is 4.98 Å². The van der Waals surface area contributed by atoms with E-state index in [2.05, 4.69) is 20.4 Å². The molecular weight excluding hydrogens is 278 g/mol. The summed E-state index contributed by atoms with van der Waals surface area (Å²) in [5.74, 6) is 0.550. The summed E-state index contributed by atoms with van der Waals surface area (Å²) in [4.78, 5) is 18.8. The molecule has 0 aromatic carbocycles. The number of hydrogen-bond donors (Lipinski definition) is 2. The Bertz CT molecular complexity index is 634. The maximum absolute atomic E-state index is 11.7. The first kappa shape index (κ1) is 14.6. The van der Waals surface area contributed by atoms with Crippen LogP contribution < -0.4 is 10.9 Å². The van der Waals surface area contributed by atoms with E-state index in [0.29, 0.717) is 17.5 Å². The van der Waals surface area contributed by atoms with Crippen LogP contribution in [0.2, 0.25) is 5.02 Å². The number of halogens is 1. The van der Waals surface area contributed by atoms with Crippen LogP contribution in [0.5, 0.6) is 0 Å². The molecule has 0 aliphatic carbocycles. The van der Waals surface area contributed by atoms with Gasteiger partial charge in [-0.05, 0) is 13.8 Å². The topological polar surface area (TPSA) is 75.6 Å². The predicted octanol–water partition coefficient (Wildman–Crippen LogP) is 2.24. The Kier molecular flexibility index (Phi) is 4.44. The molecule has 108 valence electrons. The van der Waals surface area contributed by atoms with E-state index in [1.807, 2.05) is 20.8 Å². The van der Waals surface area contributed by atoms with Crippen molar-refractivity contribution < 1.29 is 0 Å². The molecule has 2 aromatic rings. The van der Waals surface area contributed by atoms with Crippen LogP contribution in [0.15, 0.2) is 23.3 Å². The summed E-state index contributed by atoms with van der Waals surface area (Å²) in [5.41, 5.74) is 0.562. The van der Waals surface area contributed by atoms with Crippen molar-refractivity contribution in [1.82, 2.24) is 19.7 Å². The monoisotopic (exact) mass is 295 g/mol. The van der Waals surface area contributed by atoms with Gasteiger partial charge in [0, 0.05) is 30.8 Å². The normalized spacial score (nSPS) is 12.7. The van der Waals surface area contributed by atoms with Crippen LogP contribution >= 0.6 is 11.6 Å². The van der Waals surface area contributed by atoms with Crippen molar-refractivity contribution in [1.29, 1.82) is 0 Å². The summed E-state index contributed by atoms with van der Waals surface area (Å²) in [6.07, 6.45) is 3.34. The molecule has 6 nitrogen and oxygen atoms in total. The molecule has 2 aromatic heterocycles. The quantitative estimate of drug-likeness (QED) is 0.887. The molecule has 0 bridgehead atoms. The van der Waals surface area contributed by atoms with Gasteiger partial charge in [-0.2, -0.15) is 5.10 Å². The van der Waals surface area contributed by atoms with Crippen molar-refractivity contribution in [3.63, 3.8) is 0 Å². The van der Waals surface area contributed by atoms with Gasteiger partial charge in [-0.1, -0.05) is 18.5 Å². The van der Waals surface area contributed by atoms with Gasteiger partial charge in [0.15, 0.2) is 0 Å². The van der Waals surface area contributed by atoms with Crippen molar-refractivity contribution in [2.24, 2.45) is 0 Å². The fourth-order valence-corrected chi connectivity index (χ4v) is 2.04. The molecule has 0 aliphatic rings. The van der Waals surface area contributed by atoms with E-state index >= 15 is 0 Å². The number of nitrogens with one attached hydrogen (secondary N) is 2. The Labute approximate surface area is 122 Å². The van der Waals surface area contributed by atoms with Gasteiger partial charge in [-0.3, -0.25) is 14.5 Å². The fraction of sp³-hybridized carbons (Fsp3) is 0.462. The zero-order valence-electron chi connectivity index (χ0n) is 11.7. The highest BCUT2D eigenvalue weighted by atomic mass is 35.5. The molecule has 0 radical (unpaired) electrons. The predicted molar refractivity (Wildman–Crippen MR) is 79.3 cm³/mol. The van der Waals surface area contributed by atoms with Gasteiger partial charge in [0.1, 0.15) is 0 Å². The summed E-state index contributed by atoms with van der Waals surface area (Å²) in [6.45, 7) is 6.59. The minimum atomic E-state index is -0.163. The van der Waals surface area contributed by atoms with Crippen LogP contribution in [-0.4, -0.2) is 25.8 Å². The van der Waals surface area contributed by atoms with Crippen molar-refractivity contribution in [3.8, 4) is 0 Å². The molecule has 0 amide bonds. The van der Waals surface area contributed by atoms with E-state index < -0.39 is 0 Å². The number of H-pyrrole nitrogens is 1. The molecule has 0 fully saturated rings. The summed E-state index contributed by atoms with van der Waals surface area (Å²) in [6, 6.07) is 1.72. The highest BCUT2D eigenvalue weighted by molar-refractivity contribution is 6.30. The molecule has 0 saturated carbocycles. The average molecular weight is 296 g/mol. The molecule has 2 N–H and O–H groups in total. The number of nitrogens with zero attached hydrogens (tertiary/aromatic N) is 3. The number of aromatic amines is 1. The van der Waals surface area contributed by atoms with E-state index in [1.165, 1.54) is 6.07 Å². The van der Waals surface area contributed by atoms with Crippen molar-refractivity contribution >= 4 is 17.5 Å². The Balaban J connectivity index is 2.18. The van der Waals surface area contributed by atoms with Crippen LogP contribution in [0, 0.1) is 0 Å². The fourth-order valence-electron chi connectivity index (χ4n) is 1.88. The Morgan fingerprint density at radius 2 is 2.20 bits per heavy atom. The first-order valence-corrected chi connectivity index (χ1v) is 6.87. The van der Waals surface area contributed by atoms with Crippen molar-refractivity contribution in [3.05, 3.63) is 39.5 Å². The van der Waals surface area contributed by atoms with Crippen LogP contribution in [0.4, 0.5) is 5.95 Å². The smallest absolute Gasteiger partial charge is 0.252 e. The zero-order chi connectivity index (χ0) is 14.7. The van der Waals surface area contributed by atoms with Crippen LogP contribution in [0.25, 0.3) is 0 Å². The zero-order valence-corrected chi connectivity index (χ0v) is 12.5. The van der Waals surface area contributed by atoms with Gasteiger partial charge < -0.3 is 5.32 Å². The number of aromatic nitrogens is 4. The molecule has 0 saturated heterocycles. The third-order valence-corrected chi connectivity index (χ3v) is 2.95. The van der Waals surface area contributed by atoms with Crippen LogP contribution in [-0.2, 0) is 6.54 Å². The van der Waals surface area contributed by atoms with E-state index in [-0.39, 0.29) is 17.5 Å². The summed E-state index contributed by atoms with van der Waals surface area (Å²) in [7, 11) is 0. The lowest BCUT2D eigenvalue weighted by molar-refractivity contribution is 0.533. The summed E-state index contributed by atoms with van der Waals surface area (Å²) < 4.78 is 1.74. The minimum Gasteiger partial charge on any atom is -0.354 e. The number of anilines is 1. The Morgan fingerprint density at radius 3 is 2.80 bits per heavy atom. The Hall–Kier alpha value is -1.82. The average Bonchev–Trinajstić information content (AvgIpc) is 2.73.